The molecule has 1 aliphatic rings. The first-order chi connectivity index (χ1) is 18.8. The van der Waals surface area contributed by atoms with Gasteiger partial charge in [-0.3, -0.25) is 17.6 Å². The van der Waals surface area contributed by atoms with Crippen LogP contribution in [0.1, 0.15) is 29.3 Å². The summed E-state index contributed by atoms with van der Waals surface area (Å²) in [5.41, 5.74) is 8.01. The van der Waals surface area contributed by atoms with Gasteiger partial charge in [0.05, 0.1) is 58.2 Å². The van der Waals surface area contributed by atoms with Gasteiger partial charge in [-0.05, 0) is 19.0 Å². The summed E-state index contributed by atoms with van der Waals surface area (Å²) >= 11 is 0. The van der Waals surface area contributed by atoms with E-state index in [9.17, 15) is 43.9 Å². The minimum Gasteiger partial charge on any atom is -0.278 e. The first-order valence-corrected chi connectivity index (χ1v) is 13.6. The van der Waals surface area contributed by atoms with E-state index in [1.165, 1.54) is 22.3 Å². The summed E-state index contributed by atoms with van der Waals surface area (Å²) < 4.78 is 120. The van der Waals surface area contributed by atoms with Gasteiger partial charge in [0, 0.05) is 8.41 Å². The maximum atomic E-state index is 12.0. The van der Waals surface area contributed by atoms with E-state index in [4.69, 9.17) is 0 Å². The van der Waals surface area contributed by atoms with Crippen LogP contribution in [0.15, 0.2) is 54.1 Å². The number of rotatable bonds is 2. The van der Waals surface area contributed by atoms with Gasteiger partial charge in [-0.2, -0.15) is 12.1 Å². The smallest absolute Gasteiger partial charge is 0.278 e. The molecule has 1 aliphatic carbocycles. The summed E-state index contributed by atoms with van der Waals surface area (Å²) in [7, 11) is 0.0121. The first kappa shape index (κ1) is 44.1. The van der Waals surface area contributed by atoms with Crippen LogP contribution >= 0.6 is 32.7 Å². The molecule has 0 fully saturated rings. The second-order valence-corrected chi connectivity index (χ2v) is 11.0. The van der Waals surface area contributed by atoms with Crippen molar-refractivity contribution in [3.63, 3.8) is 0 Å². The average molecular weight is 762 g/mol. The topological polar surface area (TPSA) is 0 Å². The van der Waals surface area contributed by atoms with Crippen molar-refractivity contribution in [3.8, 4) is 0 Å². The maximum Gasteiger partial charge on any atom is 3.00 e. The molecule has 0 heterocycles. The fourth-order valence-electron chi connectivity index (χ4n) is 4.13. The maximum absolute atomic E-state index is 12.0. The van der Waals surface area contributed by atoms with Gasteiger partial charge < -0.3 is 0 Å². The molecule has 1 unspecified atom stereocenters. The molecule has 44 heavy (non-hydrogen) atoms. The van der Waals surface area contributed by atoms with Crippen LogP contribution in [-0.4, -0.2) is 21.7 Å². The molecule has 0 amide bonds. The van der Waals surface area contributed by atoms with Gasteiger partial charge in [0.1, 0.15) is 0 Å². The summed E-state index contributed by atoms with van der Waals surface area (Å²) in [6.45, 7) is 7.08. The van der Waals surface area contributed by atoms with Crippen molar-refractivity contribution in [2.75, 3.05) is 13.3 Å². The van der Waals surface area contributed by atoms with Crippen LogP contribution in [-0.2, 0) is 26.2 Å². The minimum atomic E-state index is -2.17. The van der Waals surface area contributed by atoms with Crippen molar-refractivity contribution in [3.05, 3.63) is 141 Å². The van der Waals surface area contributed by atoms with E-state index in [0.29, 0.717) is 5.66 Å². The molecular formula is C29H20BCl2F10PZr. The predicted octanol–water partition coefficient (Wildman–Crippen LogP) is 9.85. The Morgan fingerprint density at radius 3 is 1.34 bits per heavy atom. The Labute approximate surface area is 282 Å². The van der Waals surface area contributed by atoms with Crippen molar-refractivity contribution >= 4 is 46.7 Å². The minimum absolute atomic E-state index is 0. The third kappa shape index (κ3) is 9.51. The van der Waals surface area contributed by atoms with Crippen LogP contribution in [0.25, 0.3) is 5.57 Å². The Morgan fingerprint density at radius 2 is 0.977 bits per heavy atom. The van der Waals surface area contributed by atoms with E-state index in [1.807, 2.05) is 0 Å². The third-order valence-electron chi connectivity index (χ3n) is 5.78. The monoisotopic (exact) mass is 760 g/mol. The molecule has 0 aliphatic heterocycles. The first-order valence-electron chi connectivity index (χ1n) is 11.3. The Bertz CT molecular complexity index is 1450. The van der Waals surface area contributed by atoms with E-state index in [-0.39, 0.29) is 67.4 Å². The Morgan fingerprint density at radius 1 is 0.614 bits per heavy atom. The van der Waals surface area contributed by atoms with Gasteiger partial charge in [-0.1, -0.05) is 47.9 Å². The fourth-order valence-corrected chi connectivity index (χ4v) is 5.81. The zero-order chi connectivity index (χ0) is 29.9. The molecule has 0 N–H and O–H groups in total. The Hall–Kier alpha value is -1.99. The largest absolute Gasteiger partial charge is 3.00 e. The molecule has 0 spiro atoms. The van der Waals surface area contributed by atoms with Gasteiger partial charge in [0.2, 0.25) is 0 Å². The third-order valence-corrected chi connectivity index (χ3v) is 7.48. The summed E-state index contributed by atoms with van der Waals surface area (Å²) in [4.78, 5) is 0. The molecule has 232 valence electrons. The van der Waals surface area contributed by atoms with Crippen LogP contribution in [0.3, 0.4) is 0 Å². The molecule has 15 heteroatoms. The van der Waals surface area contributed by atoms with Gasteiger partial charge in [-0.25, -0.2) is 26.3 Å². The Kier molecular flexibility index (Phi) is 18.9. The molecule has 0 saturated heterocycles. The second-order valence-electron chi connectivity index (χ2n) is 8.57. The van der Waals surface area contributed by atoms with Gasteiger partial charge in [-0.15, -0.1) is 68.1 Å². The van der Waals surface area contributed by atoms with Crippen molar-refractivity contribution in [2.45, 2.75) is 12.6 Å². The summed E-state index contributed by atoms with van der Waals surface area (Å²) in [5, 5.41) is 0. The zero-order valence-corrected chi connectivity index (χ0v) is 27.8. The number of halogens is 12. The van der Waals surface area contributed by atoms with Crippen LogP contribution in [0, 0.1) is 70.3 Å². The van der Waals surface area contributed by atoms with Gasteiger partial charge >= 0.3 is 26.2 Å². The van der Waals surface area contributed by atoms with Crippen LogP contribution in [0.4, 0.5) is 43.9 Å². The number of hydrogen-bond acceptors (Lipinski definition) is 0. The molecule has 4 aromatic rings. The number of hydrogen-bond donors (Lipinski definition) is 0. The van der Waals surface area contributed by atoms with E-state index in [0.717, 1.165) is 12.1 Å². The van der Waals surface area contributed by atoms with Gasteiger partial charge in [0.25, 0.3) is 0 Å². The zero-order valence-electron chi connectivity index (χ0n) is 22.8. The Balaban J connectivity index is 0. The quantitative estimate of drug-likeness (QED) is 0.0477. The number of allylic oxidation sites excluding steroid dienone is 1. The molecule has 0 bridgehead atoms. The van der Waals surface area contributed by atoms with E-state index in [2.05, 4.69) is 68.8 Å². The molecule has 4 radical (unpaired) electrons. The normalized spacial score (nSPS) is 12.7. The summed E-state index contributed by atoms with van der Waals surface area (Å²) in [5.74, 6) is -20.1. The van der Waals surface area contributed by atoms with Crippen LogP contribution in [0.5, 0.6) is 0 Å². The standard InChI is InChI=1S/C17H18P.2C6F5.B.2ClH.Zr/c1-12-16(13-8-4-5-9-13)14-10-6-7-11-15(14)17(12)18(2)3;2*7-2-1-3(8)5(10)6(11)4(2)9;;;;/h4-11,17H,1-3H3;;;;2*1H;/q3*-1;;;;+3. The van der Waals surface area contributed by atoms with E-state index in [1.54, 1.807) is 5.57 Å². The van der Waals surface area contributed by atoms with Crippen LogP contribution < -0.4 is 0 Å². The second kappa shape index (κ2) is 18.9. The van der Waals surface area contributed by atoms with Crippen molar-refractivity contribution in [1.29, 1.82) is 0 Å². The average Bonchev–Trinajstić information content (AvgIpc) is 3.54. The molecule has 5 rings (SSSR count). The molecule has 4 aromatic carbocycles. The fraction of sp³-hybridized carbons (Fsp3) is 0.138. The van der Waals surface area contributed by atoms with E-state index < -0.39 is 58.2 Å². The molecule has 0 saturated carbocycles. The molecule has 0 nitrogen and oxygen atoms in total. The number of fused-ring (bicyclic) bond motifs is 1. The number of benzene rings is 3. The summed E-state index contributed by atoms with van der Waals surface area (Å²) in [6.07, 6.45) is 0. The molecular weight excluding hydrogens is 742 g/mol. The van der Waals surface area contributed by atoms with Crippen molar-refractivity contribution in [1.82, 2.24) is 0 Å². The summed E-state index contributed by atoms with van der Waals surface area (Å²) in [6, 6.07) is 19.7. The van der Waals surface area contributed by atoms with Crippen LogP contribution in [0.2, 0.25) is 0 Å². The predicted molar refractivity (Wildman–Crippen MR) is 152 cm³/mol. The molecule has 0 aromatic heterocycles. The SMILES string of the molecule is CC1=C([c-]2cccc2)c2ccccc2C1P(C)C.Cl.Cl.Fc1[c-]c(F)c(F)c(F)c1F.Fc1[c-]c(F)c(F)c(F)c1F.[B].[Zr+3]. The van der Waals surface area contributed by atoms with E-state index >= 15 is 0 Å². The van der Waals surface area contributed by atoms with Crippen molar-refractivity contribution in [2.24, 2.45) is 0 Å². The van der Waals surface area contributed by atoms with Gasteiger partial charge in [0.15, 0.2) is 0 Å². The van der Waals surface area contributed by atoms with Crippen molar-refractivity contribution < 1.29 is 70.1 Å². The molecule has 1 atom stereocenters.